The smallest absolute Gasteiger partial charge is 0.262 e. The van der Waals surface area contributed by atoms with Crippen LogP contribution in [-0.2, 0) is 4.79 Å². The predicted octanol–water partition coefficient (Wildman–Crippen LogP) is 4.87. The average Bonchev–Trinajstić information content (AvgIpc) is 3.29. The molecule has 0 unspecified atom stereocenters. The van der Waals surface area contributed by atoms with Gasteiger partial charge in [0.2, 0.25) is 0 Å². The van der Waals surface area contributed by atoms with Crippen molar-refractivity contribution in [3.05, 3.63) is 97.1 Å². The van der Waals surface area contributed by atoms with Gasteiger partial charge in [-0.2, -0.15) is 0 Å². The number of amides is 1. The van der Waals surface area contributed by atoms with Crippen LogP contribution < -0.4 is 10.1 Å². The molecule has 1 amide bonds. The number of hydrogen-bond donors (Lipinski definition) is 1. The summed E-state index contributed by atoms with van der Waals surface area (Å²) in [5, 5.41) is 2.86. The van der Waals surface area contributed by atoms with E-state index in [1.165, 1.54) is 5.56 Å². The molecule has 0 spiro atoms. The van der Waals surface area contributed by atoms with Gasteiger partial charge < -0.3 is 14.6 Å². The second-order valence-corrected chi connectivity index (χ2v) is 6.74. The summed E-state index contributed by atoms with van der Waals surface area (Å²) in [5.41, 5.74) is 5.21. The first-order chi connectivity index (χ1) is 14.2. The molecule has 0 fully saturated rings. The fourth-order valence-corrected chi connectivity index (χ4v) is 2.96. The van der Waals surface area contributed by atoms with Gasteiger partial charge in [0, 0.05) is 23.8 Å². The fourth-order valence-electron chi connectivity index (χ4n) is 2.96. The lowest BCUT2D eigenvalue weighted by Gasteiger charge is -2.09. The molecule has 3 aromatic carbocycles. The van der Waals surface area contributed by atoms with Crippen molar-refractivity contribution in [1.29, 1.82) is 0 Å². The summed E-state index contributed by atoms with van der Waals surface area (Å²) in [6.45, 7) is 2.02. The quantitative estimate of drug-likeness (QED) is 0.517. The van der Waals surface area contributed by atoms with Gasteiger partial charge in [0.05, 0.1) is 6.33 Å². The molecular formula is C24H21N3O2. The molecule has 0 aliphatic heterocycles. The lowest BCUT2D eigenvalue weighted by atomic mass is 10.0. The minimum Gasteiger partial charge on any atom is -0.484 e. The van der Waals surface area contributed by atoms with E-state index in [2.05, 4.69) is 41.5 Å². The van der Waals surface area contributed by atoms with E-state index >= 15 is 0 Å². The number of carbonyl (C=O) groups is 1. The van der Waals surface area contributed by atoms with Crippen molar-refractivity contribution in [3.8, 4) is 22.6 Å². The Morgan fingerprint density at radius 3 is 2.21 bits per heavy atom. The fraction of sp³-hybridized carbons (Fsp3) is 0.0833. The van der Waals surface area contributed by atoms with E-state index in [4.69, 9.17) is 4.74 Å². The number of carbonyl (C=O) groups excluding carboxylic acids is 1. The minimum atomic E-state index is -0.202. The Bertz CT molecular complexity index is 1070. The second kappa shape index (κ2) is 8.44. The van der Waals surface area contributed by atoms with Crippen LogP contribution in [0.2, 0.25) is 0 Å². The van der Waals surface area contributed by atoms with Gasteiger partial charge >= 0.3 is 0 Å². The molecule has 0 saturated heterocycles. The number of aryl methyl sites for hydroxylation is 1. The number of nitrogens with zero attached hydrogens (tertiary/aromatic N) is 2. The maximum atomic E-state index is 12.2. The van der Waals surface area contributed by atoms with Gasteiger partial charge in [0.1, 0.15) is 5.75 Å². The van der Waals surface area contributed by atoms with Gasteiger partial charge in [-0.3, -0.25) is 4.79 Å². The number of benzene rings is 3. The molecule has 1 N–H and O–H groups in total. The van der Waals surface area contributed by atoms with Crippen molar-refractivity contribution in [2.24, 2.45) is 0 Å². The van der Waals surface area contributed by atoms with Crippen molar-refractivity contribution >= 4 is 11.6 Å². The first-order valence-electron chi connectivity index (χ1n) is 9.35. The largest absolute Gasteiger partial charge is 0.484 e. The van der Waals surface area contributed by atoms with Gasteiger partial charge in [-0.25, -0.2) is 4.98 Å². The van der Waals surface area contributed by atoms with Gasteiger partial charge in [-0.1, -0.05) is 42.0 Å². The van der Waals surface area contributed by atoms with Crippen LogP contribution >= 0.6 is 0 Å². The second-order valence-electron chi connectivity index (χ2n) is 6.74. The van der Waals surface area contributed by atoms with Gasteiger partial charge in [-0.05, 0) is 54.4 Å². The van der Waals surface area contributed by atoms with Crippen LogP contribution in [0, 0.1) is 6.92 Å². The monoisotopic (exact) mass is 383 g/mol. The number of hydrogen-bond acceptors (Lipinski definition) is 3. The number of ether oxygens (including phenoxy) is 1. The van der Waals surface area contributed by atoms with E-state index in [0.29, 0.717) is 5.75 Å². The first-order valence-corrected chi connectivity index (χ1v) is 9.35. The summed E-state index contributed by atoms with van der Waals surface area (Å²) in [6.07, 6.45) is 5.32. The molecule has 0 saturated carbocycles. The third-order valence-corrected chi connectivity index (χ3v) is 4.56. The average molecular weight is 383 g/mol. The summed E-state index contributed by atoms with van der Waals surface area (Å²) in [7, 11) is 0. The first kappa shape index (κ1) is 18.5. The van der Waals surface area contributed by atoms with Crippen molar-refractivity contribution < 1.29 is 9.53 Å². The number of aromatic nitrogens is 2. The zero-order chi connectivity index (χ0) is 20.1. The molecule has 4 aromatic rings. The Labute approximate surface area is 169 Å². The highest BCUT2D eigenvalue weighted by atomic mass is 16.5. The van der Waals surface area contributed by atoms with Crippen LogP contribution in [-0.4, -0.2) is 22.1 Å². The molecule has 0 radical (unpaired) electrons. The summed E-state index contributed by atoms with van der Waals surface area (Å²) in [5.74, 6) is 0.436. The van der Waals surface area contributed by atoms with Crippen LogP contribution in [0.15, 0.2) is 91.5 Å². The van der Waals surface area contributed by atoms with Gasteiger partial charge in [0.25, 0.3) is 5.91 Å². The van der Waals surface area contributed by atoms with E-state index < -0.39 is 0 Å². The Morgan fingerprint density at radius 1 is 0.931 bits per heavy atom. The van der Waals surface area contributed by atoms with E-state index in [1.807, 2.05) is 59.3 Å². The van der Waals surface area contributed by atoms with Crippen molar-refractivity contribution in [2.75, 3.05) is 11.9 Å². The Balaban J connectivity index is 1.31. The van der Waals surface area contributed by atoms with Crippen LogP contribution in [0.1, 0.15) is 5.56 Å². The molecule has 29 heavy (non-hydrogen) atoms. The van der Waals surface area contributed by atoms with Crippen molar-refractivity contribution in [1.82, 2.24) is 9.55 Å². The maximum Gasteiger partial charge on any atom is 0.262 e. The van der Waals surface area contributed by atoms with Crippen LogP contribution in [0.25, 0.3) is 16.8 Å². The lowest BCUT2D eigenvalue weighted by molar-refractivity contribution is -0.118. The number of imidazole rings is 1. The number of anilines is 1. The lowest BCUT2D eigenvalue weighted by Crippen LogP contribution is -2.20. The zero-order valence-electron chi connectivity index (χ0n) is 16.1. The van der Waals surface area contributed by atoms with E-state index in [0.717, 1.165) is 22.5 Å². The summed E-state index contributed by atoms with van der Waals surface area (Å²) in [4.78, 5) is 16.2. The van der Waals surface area contributed by atoms with Crippen molar-refractivity contribution in [3.63, 3.8) is 0 Å². The Hall–Kier alpha value is -3.86. The normalized spacial score (nSPS) is 10.5. The number of rotatable bonds is 6. The third-order valence-electron chi connectivity index (χ3n) is 4.56. The maximum absolute atomic E-state index is 12.2. The highest BCUT2D eigenvalue weighted by Gasteiger charge is 2.05. The molecule has 0 aliphatic carbocycles. The van der Waals surface area contributed by atoms with E-state index in [1.54, 1.807) is 12.5 Å². The highest BCUT2D eigenvalue weighted by Crippen LogP contribution is 2.22. The SMILES string of the molecule is Cc1ccc(-c2ccc(NC(=O)COc3ccc(-n4ccnc4)cc3)cc2)cc1. The summed E-state index contributed by atoms with van der Waals surface area (Å²) < 4.78 is 7.48. The molecular weight excluding hydrogens is 362 g/mol. The van der Waals surface area contributed by atoms with Crippen molar-refractivity contribution in [2.45, 2.75) is 6.92 Å². The molecule has 0 bridgehead atoms. The van der Waals surface area contributed by atoms with E-state index in [-0.39, 0.29) is 12.5 Å². The Kier molecular flexibility index (Phi) is 5.38. The molecule has 1 aromatic heterocycles. The molecule has 1 heterocycles. The van der Waals surface area contributed by atoms with Gasteiger partial charge in [0.15, 0.2) is 6.61 Å². The molecule has 0 aliphatic rings. The van der Waals surface area contributed by atoms with Crippen LogP contribution in [0.4, 0.5) is 5.69 Å². The summed E-state index contributed by atoms with van der Waals surface area (Å²) >= 11 is 0. The van der Waals surface area contributed by atoms with E-state index in [9.17, 15) is 4.79 Å². The standard InChI is InChI=1S/C24H21N3O2/c1-18-2-4-19(5-3-18)20-6-8-21(9-7-20)26-24(28)16-29-23-12-10-22(11-13-23)27-15-14-25-17-27/h2-15,17H,16H2,1H3,(H,26,28). The van der Waals surface area contributed by atoms with Crippen LogP contribution in [0.3, 0.4) is 0 Å². The highest BCUT2D eigenvalue weighted by molar-refractivity contribution is 5.92. The molecule has 144 valence electrons. The molecule has 5 nitrogen and oxygen atoms in total. The molecule has 5 heteroatoms. The van der Waals surface area contributed by atoms with Crippen LogP contribution in [0.5, 0.6) is 5.75 Å². The Morgan fingerprint density at radius 2 is 1.59 bits per heavy atom. The summed E-state index contributed by atoms with van der Waals surface area (Å²) in [6, 6.07) is 23.6. The molecule has 0 atom stereocenters. The zero-order valence-corrected chi connectivity index (χ0v) is 16.1. The van der Waals surface area contributed by atoms with Gasteiger partial charge in [-0.15, -0.1) is 0 Å². The topological polar surface area (TPSA) is 56.1 Å². The number of nitrogens with one attached hydrogen (secondary N) is 1. The third kappa shape index (κ3) is 4.71. The minimum absolute atomic E-state index is 0.0515. The molecule has 4 rings (SSSR count). The predicted molar refractivity (Wildman–Crippen MR) is 114 cm³/mol.